The molecule has 0 aromatic heterocycles. The maximum absolute atomic E-state index is 13.1. The van der Waals surface area contributed by atoms with Gasteiger partial charge in [0.2, 0.25) is 0 Å². The third-order valence-corrected chi connectivity index (χ3v) is 4.35. The molecule has 2 aromatic carbocycles. The highest BCUT2D eigenvalue weighted by molar-refractivity contribution is 5.86. The summed E-state index contributed by atoms with van der Waals surface area (Å²) in [4.78, 5) is 23.7. The molecule has 5 N–H and O–H groups in total. The van der Waals surface area contributed by atoms with Crippen LogP contribution in [-0.2, 0) is 28.6 Å². The van der Waals surface area contributed by atoms with Gasteiger partial charge in [0.05, 0.1) is 5.56 Å². The smallest absolute Gasteiger partial charge is 0.416 e. The van der Waals surface area contributed by atoms with Gasteiger partial charge in [0.1, 0.15) is 12.1 Å². The number of carboxylic acids is 1. The lowest BCUT2D eigenvalue weighted by Gasteiger charge is -2.22. The topological polar surface area (TPSA) is 113 Å². The molecule has 0 unspecified atom stereocenters. The fourth-order valence-electron chi connectivity index (χ4n) is 2.84. The van der Waals surface area contributed by atoms with Gasteiger partial charge in [0, 0.05) is 12.5 Å². The predicted octanol–water partition coefficient (Wildman–Crippen LogP) is 1.75. The monoisotopic (exact) mass is 410 g/mol. The second-order valence-electron chi connectivity index (χ2n) is 6.56. The molecule has 156 valence electrons. The summed E-state index contributed by atoms with van der Waals surface area (Å²) in [5, 5.41) is 21.5. The summed E-state index contributed by atoms with van der Waals surface area (Å²) in [5.74, 6) is -2.59. The Morgan fingerprint density at radius 2 is 1.59 bits per heavy atom. The van der Waals surface area contributed by atoms with Gasteiger partial charge in [-0.3, -0.25) is 4.79 Å². The second kappa shape index (κ2) is 9.53. The number of carbonyl (C=O) groups is 2. The van der Waals surface area contributed by atoms with E-state index in [1.807, 2.05) is 0 Å². The Kier molecular flexibility index (Phi) is 7.35. The Morgan fingerprint density at radius 3 is 2.17 bits per heavy atom. The minimum Gasteiger partial charge on any atom is -0.480 e. The van der Waals surface area contributed by atoms with Crippen molar-refractivity contribution < 1.29 is 33.0 Å². The maximum atomic E-state index is 13.1. The van der Waals surface area contributed by atoms with E-state index in [0.717, 1.165) is 17.7 Å². The Bertz CT molecular complexity index is 843. The zero-order valence-electron chi connectivity index (χ0n) is 15.3. The number of rotatable bonds is 8. The number of aliphatic hydroxyl groups is 1. The number of alkyl halides is 3. The van der Waals surface area contributed by atoms with Crippen molar-refractivity contribution in [2.75, 3.05) is 0 Å². The summed E-state index contributed by atoms with van der Waals surface area (Å²) < 4.78 is 39.3. The van der Waals surface area contributed by atoms with Crippen molar-refractivity contribution in [3.05, 3.63) is 71.3 Å². The van der Waals surface area contributed by atoms with E-state index in [9.17, 15) is 33.0 Å². The molecule has 0 saturated carbocycles. The van der Waals surface area contributed by atoms with Gasteiger partial charge in [0.25, 0.3) is 5.91 Å². The van der Waals surface area contributed by atoms with Gasteiger partial charge >= 0.3 is 12.1 Å². The van der Waals surface area contributed by atoms with Crippen molar-refractivity contribution in [1.29, 1.82) is 0 Å². The fraction of sp³-hybridized carbons (Fsp3) is 0.300. The SMILES string of the molecule is N[C@H](Cc1ccccc1)[C@H](O)C(=O)N[C@@H](Cc1ccccc1C(F)(F)F)C(=O)O. The number of nitrogens with one attached hydrogen (secondary N) is 1. The van der Waals surface area contributed by atoms with Crippen LogP contribution >= 0.6 is 0 Å². The first-order chi connectivity index (χ1) is 13.6. The van der Waals surface area contributed by atoms with E-state index >= 15 is 0 Å². The molecule has 2 rings (SSSR count). The van der Waals surface area contributed by atoms with E-state index in [0.29, 0.717) is 0 Å². The van der Waals surface area contributed by atoms with Crippen LogP contribution in [0.2, 0.25) is 0 Å². The molecule has 0 spiro atoms. The van der Waals surface area contributed by atoms with Crippen LogP contribution in [0.3, 0.4) is 0 Å². The molecular weight excluding hydrogens is 389 g/mol. The lowest BCUT2D eigenvalue weighted by atomic mass is 9.98. The van der Waals surface area contributed by atoms with Gasteiger partial charge in [-0.1, -0.05) is 48.5 Å². The minimum atomic E-state index is -4.67. The first kappa shape index (κ1) is 22.4. The average Bonchev–Trinajstić information content (AvgIpc) is 2.67. The third kappa shape index (κ3) is 6.30. The van der Waals surface area contributed by atoms with Crippen molar-refractivity contribution >= 4 is 11.9 Å². The van der Waals surface area contributed by atoms with Gasteiger partial charge in [-0.2, -0.15) is 13.2 Å². The highest BCUT2D eigenvalue weighted by atomic mass is 19.4. The molecule has 0 heterocycles. The van der Waals surface area contributed by atoms with E-state index < -0.39 is 48.2 Å². The normalized spacial score (nSPS) is 14.7. The standard InChI is InChI=1S/C20H21F3N2O4/c21-20(22,23)14-9-5-4-8-13(14)11-16(19(28)29)25-18(27)17(26)15(24)10-12-6-2-1-3-7-12/h1-9,15-17,26H,10-11,24H2,(H,25,27)(H,28,29)/t15-,16+,17+/m1/s1. The maximum Gasteiger partial charge on any atom is 0.416 e. The van der Waals surface area contributed by atoms with E-state index in [4.69, 9.17) is 5.73 Å². The Morgan fingerprint density at radius 1 is 1.00 bits per heavy atom. The summed E-state index contributed by atoms with van der Waals surface area (Å²) in [6, 6.07) is 10.6. The Hall–Kier alpha value is -2.91. The molecular formula is C20H21F3N2O4. The van der Waals surface area contributed by atoms with Crippen LogP contribution in [0.1, 0.15) is 16.7 Å². The fourth-order valence-corrected chi connectivity index (χ4v) is 2.84. The van der Waals surface area contributed by atoms with Crippen molar-refractivity contribution in [2.24, 2.45) is 5.73 Å². The number of halogens is 3. The molecule has 0 aliphatic carbocycles. The van der Waals surface area contributed by atoms with Gasteiger partial charge < -0.3 is 21.3 Å². The van der Waals surface area contributed by atoms with Gasteiger partial charge in [0.15, 0.2) is 0 Å². The Balaban J connectivity index is 2.09. The number of benzene rings is 2. The summed E-state index contributed by atoms with van der Waals surface area (Å²) >= 11 is 0. The van der Waals surface area contributed by atoms with E-state index in [-0.39, 0.29) is 12.0 Å². The number of aliphatic hydroxyl groups excluding tert-OH is 1. The number of nitrogens with two attached hydrogens (primary N) is 1. The molecule has 0 radical (unpaired) electrons. The van der Waals surface area contributed by atoms with Crippen LogP contribution in [0.5, 0.6) is 0 Å². The summed E-state index contributed by atoms with van der Waals surface area (Å²) in [7, 11) is 0. The molecule has 9 heteroatoms. The summed E-state index contributed by atoms with van der Waals surface area (Å²) in [6.07, 6.45) is -6.84. The number of hydrogen-bond acceptors (Lipinski definition) is 4. The third-order valence-electron chi connectivity index (χ3n) is 4.35. The van der Waals surface area contributed by atoms with Crippen LogP contribution < -0.4 is 11.1 Å². The van der Waals surface area contributed by atoms with Crippen LogP contribution in [-0.4, -0.2) is 40.3 Å². The zero-order valence-corrected chi connectivity index (χ0v) is 15.3. The van der Waals surface area contributed by atoms with E-state index in [1.54, 1.807) is 30.3 Å². The Labute approximate surface area is 165 Å². The quantitative estimate of drug-likeness (QED) is 0.530. The van der Waals surface area contributed by atoms with Crippen LogP contribution in [0.25, 0.3) is 0 Å². The van der Waals surface area contributed by atoms with E-state index in [1.165, 1.54) is 12.1 Å². The molecule has 0 fully saturated rings. The van der Waals surface area contributed by atoms with E-state index in [2.05, 4.69) is 5.32 Å². The molecule has 6 nitrogen and oxygen atoms in total. The summed E-state index contributed by atoms with van der Waals surface area (Å²) in [5.41, 5.74) is 5.33. The number of carboxylic acid groups (broad SMARTS) is 1. The van der Waals surface area contributed by atoms with Crippen molar-refractivity contribution in [3.63, 3.8) is 0 Å². The molecule has 0 saturated heterocycles. The lowest BCUT2D eigenvalue weighted by Crippen LogP contribution is -2.52. The zero-order chi connectivity index (χ0) is 21.6. The number of hydrogen-bond donors (Lipinski definition) is 4. The molecule has 0 aliphatic heterocycles. The molecule has 0 aliphatic rings. The largest absolute Gasteiger partial charge is 0.480 e. The first-order valence-corrected chi connectivity index (χ1v) is 8.75. The average molecular weight is 410 g/mol. The summed E-state index contributed by atoms with van der Waals surface area (Å²) in [6.45, 7) is 0. The second-order valence-corrected chi connectivity index (χ2v) is 6.56. The van der Waals surface area contributed by atoms with Crippen molar-refractivity contribution in [2.45, 2.75) is 37.2 Å². The highest BCUT2D eigenvalue weighted by Gasteiger charge is 2.35. The molecule has 3 atom stereocenters. The molecule has 29 heavy (non-hydrogen) atoms. The number of carbonyl (C=O) groups excluding carboxylic acids is 1. The molecule has 1 amide bonds. The van der Waals surface area contributed by atoms with Gasteiger partial charge in [-0.15, -0.1) is 0 Å². The highest BCUT2D eigenvalue weighted by Crippen LogP contribution is 2.32. The minimum absolute atomic E-state index is 0.157. The predicted molar refractivity (Wildman–Crippen MR) is 98.8 cm³/mol. The number of amides is 1. The van der Waals surface area contributed by atoms with Crippen LogP contribution in [0.15, 0.2) is 54.6 Å². The first-order valence-electron chi connectivity index (χ1n) is 8.75. The number of aliphatic carboxylic acids is 1. The van der Waals surface area contributed by atoms with Gasteiger partial charge in [-0.05, 0) is 23.6 Å². The molecule has 0 bridgehead atoms. The van der Waals surface area contributed by atoms with Gasteiger partial charge in [-0.25, -0.2) is 4.79 Å². The lowest BCUT2D eigenvalue weighted by molar-refractivity contribution is -0.144. The van der Waals surface area contributed by atoms with Crippen molar-refractivity contribution in [3.8, 4) is 0 Å². The van der Waals surface area contributed by atoms with Crippen molar-refractivity contribution in [1.82, 2.24) is 5.32 Å². The van der Waals surface area contributed by atoms with Crippen LogP contribution in [0.4, 0.5) is 13.2 Å². The van der Waals surface area contributed by atoms with Crippen LogP contribution in [0, 0.1) is 0 Å². The molecule has 2 aromatic rings.